The summed E-state index contributed by atoms with van der Waals surface area (Å²) < 4.78 is 0. The third kappa shape index (κ3) is 1.47. The topological polar surface area (TPSA) is 74.7 Å². The smallest absolute Gasteiger partial charge is 0.199 e. The Hall–Kier alpha value is -2.01. The number of fused-ring (bicyclic) bond motifs is 1. The van der Waals surface area contributed by atoms with Crippen LogP contribution < -0.4 is 11.2 Å². The van der Waals surface area contributed by atoms with E-state index in [1.54, 1.807) is 12.3 Å². The van der Waals surface area contributed by atoms with E-state index in [9.17, 15) is 4.79 Å². The van der Waals surface area contributed by atoms with E-state index in [0.29, 0.717) is 16.0 Å². The molecule has 0 bridgehead atoms. The van der Waals surface area contributed by atoms with E-state index in [4.69, 9.17) is 5.73 Å². The first kappa shape index (κ1) is 10.2. The Morgan fingerprint density at radius 2 is 2.24 bits per heavy atom. The lowest BCUT2D eigenvalue weighted by Crippen LogP contribution is -2.08. The predicted octanol–water partition coefficient (Wildman–Crippen LogP) is 2.48. The van der Waals surface area contributed by atoms with Crippen LogP contribution in [0.3, 0.4) is 0 Å². The van der Waals surface area contributed by atoms with Gasteiger partial charge >= 0.3 is 0 Å². The quantitative estimate of drug-likeness (QED) is 0.616. The van der Waals surface area contributed by atoms with Crippen LogP contribution in [0.25, 0.3) is 21.5 Å². The summed E-state index contributed by atoms with van der Waals surface area (Å²) >= 11 is 1.40. The van der Waals surface area contributed by atoms with Crippen molar-refractivity contribution in [3.8, 4) is 11.3 Å². The summed E-state index contributed by atoms with van der Waals surface area (Å²) in [5.41, 5.74) is 8.11. The predicted molar refractivity (Wildman–Crippen MR) is 71.4 cm³/mol. The van der Waals surface area contributed by atoms with E-state index in [0.717, 1.165) is 16.2 Å². The highest BCUT2D eigenvalue weighted by Crippen LogP contribution is 2.27. The first-order valence-electron chi connectivity index (χ1n) is 5.22. The Bertz CT molecular complexity index is 737. The maximum atomic E-state index is 12.4. The van der Waals surface area contributed by atoms with E-state index in [1.165, 1.54) is 11.3 Å². The molecule has 3 aromatic heterocycles. The summed E-state index contributed by atoms with van der Waals surface area (Å²) in [6, 6.07) is 5.49. The second kappa shape index (κ2) is 3.49. The average Bonchev–Trinajstić information content (AvgIpc) is 2.87. The third-order valence-electron chi connectivity index (χ3n) is 2.77. The summed E-state index contributed by atoms with van der Waals surface area (Å²) in [4.78, 5) is 19.5. The molecule has 3 heterocycles. The number of aromatic amines is 2. The molecule has 4 nitrogen and oxygen atoms in total. The molecule has 0 radical (unpaired) electrons. The van der Waals surface area contributed by atoms with Crippen LogP contribution in [0.2, 0.25) is 0 Å². The summed E-state index contributed by atoms with van der Waals surface area (Å²) in [5, 5.41) is 1.30. The molecule has 0 fully saturated rings. The number of hydrogen-bond acceptors (Lipinski definition) is 3. The van der Waals surface area contributed by atoms with E-state index < -0.39 is 0 Å². The number of rotatable bonds is 1. The van der Waals surface area contributed by atoms with Gasteiger partial charge in [0.05, 0.1) is 21.6 Å². The van der Waals surface area contributed by atoms with Crippen LogP contribution in [-0.2, 0) is 0 Å². The van der Waals surface area contributed by atoms with Gasteiger partial charge in [-0.1, -0.05) is 0 Å². The molecule has 4 N–H and O–H groups in total. The summed E-state index contributed by atoms with van der Waals surface area (Å²) in [7, 11) is 0. The fraction of sp³-hybridized carbons (Fsp3) is 0.0833. The van der Waals surface area contributed by atoms with Gasteiger partial charge in [-0.05, 0) is 25.1 Å². The van der Waals surface area contributed by atoms with Gasteiger partial charge in [0.1, 0.15) is 4.83 Å². The Morgan fingerprint density at radius 1 is 1.41 bits per heavy atom. The lowest BCUT2D eigenvalue weighted by molar-refractivity contribution is 1.24. The molecule has 86 valence electrons. The van der Waals surface area contributed by atoms with Crippen LogP contribution in [0.4, 0.5) is 5.00 Å². The van der Waals surface area contributed by atoms with Crippen LogP contribution in [-0.4, -0.2) is 9.97 Å². The maximum absolute atomic E-state index is 12.4. The number of aryl methyl sites for hydroxylation is 1. The molecule has 0 saturated carbocycles. The van der Waals surface area contributed by atoms with Gasteiger partial charge in [-0.25, -0.2) is 0 Å². The van der Waals surface area contributed by atoms with Crippen LogP contribution in [0.15, 0.2) is 29.2 Å². The molecular formula is C12H11N3OS. The van der Waals surface area contributed by atoms with Gasteiger partial charge in [0.15, 0.2) is 5.43 Å². The number of pyridine rings is 1. The average molecular weight is 245 g/mol. The van der Waals surface area contributed by atoms with Crippen molar-refractivity contribution >= 4 is 26.6 Å². The Kier molecular flexibility index (Phi) is 2.09. The first-order valence-corrected chi connectivity index (χ1v) is 6.04. The number of hydrogen-bond donors (Lipinski definition) is 3. The second-order valence-corrected chi connectivity index (χ2v) is 5.01. The van der Waals surface area contributed by atoms with Crippen molar-refractivity contribution in [1.82, 2.24) is 9.97 Å². The molecule has 0 amide bonds. The third-order valence-corrected chi connectivity index (χ3v) is 3.65. The number of thiophene rings is 1. The van der Waals surface area contributed by atoms with E-state index in [-0.39, 0.29) is 5.43 Å². The van der Waals surface area contributed by atoms with Gasteiger partial charge in [-0.2, -0.15) is 0 Å². The molecule has 0 unspecified atom stereocenters. The zero-order chi connectivity index (χ0) is 12.0. The lowest BCUT2D eigenvalue weighted by Gasteiger charge is -2.03. The molecule has 5 heteroatoms. The first-order chi connectivity index (χ1) is 8.16. The molecule has 0 spiro atoms. The molecule has 0 saturated heterocycles. The highest BCUT2D eigenvalue weighted by Gasteiger charge is 2.13. The number of aromatic nitrogens is 2. The van der Waals surface area contributed by atoms with E-state index in [2.05, 4.69) is 9.97 Å². The van der Waals surface area contributed by atoms with Crippen LogP contribution >= 0.6 is 11.3 Å². The van der Waals surface area contributed by atoms with Crippen LogP contribution in [0, 0.1) is 6.92 Å². The van der Waals surface area contributed by atoms with Crippen LogP contribution in [0.5, 0.6) is 0 Å². The minimum atomic E-state index is 0.0200. The fourth-order valence-electron chi connectivity index (χ4n) is 2.02. The van der Waals surface area contributed by atoms with Gasteiger partial charge in [0.25, 0.3) is 0 Å². The number of anilines is 1. The standard InChI is InChI=1S/C12H11N3OS/c1-6-10(8-3-2-4-14-8)11(16)7-5-9(13)17-12(7)15-6/h2-5,14H,13H2,1H3,(H,15,16). The van der Waals surface area contributed by atoms with Gasteiger partial charge < -0.3 is 15.7 Å². The molecule has 0 aromatic carbocycles. The molecule has 0 aliphatic carbocycles. The van der Waals surface area contributed by atoms with Crippen molar-refractivity contribution in [2.75, 3.05) is 5.73 Å². The number of nitrogens with one attached hydrogen (secondary N) is 2. The molecule has 3 rings (SSSR count). The Labute approximate surface area is 101 Å². The zero-order valence-electron chi connectivity index (χ0n) is 9.20. The Balaban J connectivity index is 2.43. The number of nitrogen functional groups attached to an aromatic ring is 1. The summed E-state index contributed by atoms with van der Waals surface area (Å²) in [5.74, 6) is 0. The number of H-pyrrole nitrogens is 2. The van der Waals surface area contributed by atoms with Gasteiger partial charge in [0, 0.05) is 11.9 Å². The van der Waals surface area contributed by atoms with Crippen molar-refractivity contribution < 1.29 is 0 Å². The molecule has 0 aliphatic heterocycles. The minimum Gasteiger partial charge on any atom is -0.391 e. The highest BCUT2D eigenvalue weighted by atomic mass is 32.1. The van der Waals surface area contributed by atoms with E-state index >= 15 is 0 Å². The Morgan fingerprint density at radius 3 is 2.94 bits per heavy atom. The number of nitrogens with two attached hydrogens (primary N) is 1. The molecular weight excluding hydrogens is 234 g/mol. The van der Waals surface area contributed by atoms with Crippen molar-refractivity contribution in [2.45, 2.75) is 6.92 Å². The van der Waals surface area contributed by atoms with Crippen molar-refractivity contribution in [1.29, 1.82) is 0 Å². The fourth-order valence-corrected chi connectivity index (χ4v) is 2.90. The van der Waals surface area contributed by atoms with Crippen molar-refractivity contribution in [3.05, 3.63) is 40.3 Å². The van der Waals surface area contributed by atoms with Crippen molar-refractivity contribution in [3.63, 3.8) is 0 Å². The lowest BCUT2D eigenvalue weighted by atomic mass is 10.1. The highest BCUT2D eigenvalue weighted by molar-refractivity contribution is 7.22. The van der Waals surface area contributed by atoms with Crippen molar-refractivity contribution in [2.24, 2.45) is 0 Å². The summed E-state index contributed by atoms with van der Waals surface area (Å²) in [6.45, 7) is 1.90. The molecule has 17 heavy (non-hydrogen) atoms. The monoisotopic (exact) mass is 245 g/mol. The SMILES string of the molecule is Cc1[nH]c2sc(N)cc2c(=O)c1-c1ccc[nH]1. The van der Waals surface area contributed by atoms with E-state index in [1.807, 2.05) is 19.1 Å². The zero-order valence-corrected chi connectivity index (χ0v) is 10.0. The molecule has 3 aromatic rings. The minimum absolute atomic E-state index is 0.0200. The largest absolute Gasteiger partial charge is 0.391 e. The second-order valence-electron chi connectivity index (χ2n) is 3.93. The molecule has 0 aliphatic rings. The van der Waals surface area contributed by atoms with Gasteiger partial charge in [-0.3, -0.25) is 4.79 Å². The summed E-state index contributed by atoms with van der Waals surface area (Å²) in [6.07, 6.45) is 1.81. The maximum Gasteiger partial charge on any atom is 0.199 e. The normalized spacial score (nSPS) is 11.1. The van der Waals surface area contributed by atoms with Gasteiger partial charge in [0.2, 0.25) is 0 Å². The molecule has 0 atom stereocenters. The van der Waals surface area contributed by atoms with Gasteiger partial charge in [-0.15, -0.1) is 11.3 Å². The van der Waals surface area contributed by atoms with Crippen LogP contribution in [0.1, 0.15) is 5.69 Å².